The molecule has 0 atom stereocenters. The van der Waals surface area contributed by atoms with Gasteiger partial charge in [0.2, 0.25) is 0 Å². The summed E-state index contributed by atoms with van der Waals surface area (Å²) < 4.78 is 0. The molecule has 0 bridgehead atoms. The molecule has 246 valence electrons. The van der Waals surface area contributed by atoms with Gasteiger partial charge < -0.3 is 0 Å². The van der Waals surface area contributed by atoms with Crippen LogP contribution >= 0.6 is 17.0 Å². The molecule has 8 rings (SSSR count). The first-order chi connectivity index (χ1) is 24.3. The predicted molar refractivity (Wildman–Crippen MR) is 219 cm³/mol. The molecular formula is C46H40Cl2SiZr. The monoisotopic (exact) mass is 780 g/mol. The van der Waals surface area contributed by atoms with Gasteiger partial charge >= 0.3 is 37.9 Å². The van der Waals surface area contributed by atoms with Crippen molar-refractivity contribution in [3.63, 3.8) is 0 Å². The van der Waals surface area contributed by atoms with E-state index in [0.29, 0.717) is 0 Å². The summed E-state index contributed by atoms with van der Waals surface area (Å²) >= 11 is -0.826. The van der Waals surface area contributed by atoms with Crippen molar-refractivity contribution in [2.45, 2.75) is 27.7 Å². The minimum atomic E-state index is -0.826. The van der Waals surface area contributed by atoms with Gasteiger partial charge in [-0.25, -0.2) is 0 Å². The van der Waals surface area contributed by atoms with E-state index < -0.39 is 20.8 Å². The number of hydrogen-bond acceptors (Lipinski definition) is 0. The summed E-state index contributed by atoms with van der Waals surface area (Å²) in [4.78, 5) is 0. The van der Waals surface area contributed by atoms with Gasteiger partial charge in [-0.1, -0.05) is 168 Å². The molecule has 0 N–H and O–H groups in total. The van der Waals surface area contributed by atoms with E-state index in [-0.39, 0.29) is 0 Å². The molecule has 0 saturated carbocycles. The second-order valence-electron chi connectivity index (χ2n) is 12.3. The molecule has 0 amide bonds. The van der Waals surface area contributed by atoms with Gasteiger partial charge in [0, 0.05) is 0 Å². The van der Waals surface area contributed by atoms with Gasteiger partial charge in [-0.3, -0.25) is 0 Å². The first-order valence-electron chi connectivity index (χ1n) is 16.6. The standard InChI is InChI=1S/2C16H13.C14H14Si.2ClH.Zr/c2*1-12-10-14-8-5-9-15(16(14)11-12)13-6-3-2-4-7-13;1-11-3-7-13(8-4-11)15-14-9-5-12(2)6-10-14;;;/h2*2-11H,1H3;3-10H,1-2H3;2*1H;/q2*-1;;;;+4/p-2. The second kappa shape index (κ2) is 19.0. The van der Waals surface area contributed by atoms with E-state index in [9.17, 15) is 0 Å². The number of rotatable bonds is 4. The van der Waals surface area contributed by atoms with E-state index in [1.165, 1.54) is 76.4 Å². The van der Waals surface area contributed by atoms with Crippen molar-refractivity contribution in [3.8, 4) is 22.3 Å². The molecule has 0 aliphatic rings. The van der Waals surface area contributed by atoms with Crippen molar-refractivity contribution in [2.75, 3.05) is 0 Å². The zero-order valence-corrected chi connectivity index (χ0v) is 33.9. The number of halogens is 2. The van der Waals surface area contributed by atoms with E-state index in [2.05, 4.69) is 198 Å². The van der Waals surface area contributed by atoms with Crippen molar-refractivity contribution in [1.29, 1.82) is 0 Å². The number of aryl methyl sites for hydroxylation is 4. The number of hydrogen-bond donors (Lipinski definition) is 0. The van der Waals surface area contributed by atoms with Crippen LogP contribution in [0.5, 0.6) is 0 Å². The third-order valence-electron chi connectivity index (χ3n) is 8.35. The fraction of sp³-hybridized carbons (Fsp3) is 0.0870. The summed E-state index contributed by atoms with van der Waals surface area (Å²) in [6.45, 7) is 8.54. The van der Waals surface area contributed by atoms with Crippen molar-refractivity contribution in [1.82, 2.24) is 0 Å². The van der Waals surface area contributed by atoms with Crippen molar-refractivity contribution < 1.29 is 20.8 Å². The van der Waals surface area contributed by atoms with E-state index >= 15 is 0 Å². The molecule has 0 aliphatic heterocycles. The molecule has 2 radical (unpaired) electrons. The molecule has 0 heterocycles. The van der Waals surface area contributed by atoms with Gasteiger partial charge in [-0.05, 0) is 25.0 Å². The van der Waals surface area contributed by atoms with Crippen LogP contribution in [0.3, 0.4) is 0 Å². The van der Waals surface area contributed by atoms with Crippen LogP contribution in [0.25, 0.3) is 43.8 Å². The van der Waals surface area contributed by atoms with Crippen LogP contribution in [0, 0.1) is 27.7 Å². The summed E-state index contributed by atoms with van der Waals surface area (Å²) in [6, 6.07) is 60.7. The molecule has 0 aromatic heterocycles. The van der Waals surface area contributed by atoms with Crippen molar-refractivity contribution >= 4 is 58.5 Å². The normalized spacial score (nSPS) is 10.2. The predicted octanol–water partition coefficient (Wildman–Crippen LogP) is 12.4. The van der Waals surface area contributed by atoms with Crippen LogP contribution in [0.15, 0.2) is 170 Å². The van der Waals surface area contributed by atoms with Crippen LogP contribution in [0.2, 0.25) is 0 Å². The molecule has 0 nitrogen and oxygen atoms in total. The van der Waals surface area contributed by atoms with Crippen LogP contribution < -0.4 is 10.4 Å². The molecule has 0 spiro atoms. The van der Waals surface area contributed by atoms with E-state index in [1.54, 1.807) is 0 Å². The molecule has 0 unspecified atom stereocenters. The van der Waals surface area contributed by atoms with Crippen LogP contribution in [-0.2, 0) is 20.8 Å². The first kappa shape index (κ1) is 37.5. The van der Waals surface area contributed by atoms with Gasteiger partial charge in [-0.15, -0.1) is 69.1 Å². The third-order valence-corrected chi connectivity index (χ3v) is 9.60. The Morgan fingerprint density at radius 3 is 1.16 bits per heavy atom. The molecular weight excluding hydrogens is 743 g/mol. The Labute approximate surface area is 319 Å². The maximum atomic E-state index is 4.93. The van der Waals surface area contributed by atoms with Crippen LogP contribution in [0.1, 0.15) is 22.3 Å². The molecule has 8 aromatic rings. The molecule has 0 saturated heterocycles. The topological polar surface area (TPSA) is 0 Å². The van der Waals surface area contributed by atoms with Gasteiger partial charge in [0.15, 0.2) is 0 Å². The number of benzene rings is 6. The second-order valence-corrected chi connectivity index (χ2v) is 17.5. The summed E-state index contributed by atoms with van der Waals surface area (Å²) in [5, 5.41) is 8.18. The summed E-state index contributed by atoms with van der Waals surface area (Å²) in [7, 11) is 10.6. The molecule has 0 aliphatic carbocycles. The average molecular weight is 783 g/mol. The average Bonchev–Trinajstić information content (AvgIpc) is 3.72. The first-order valence-corrected chi connectivity index (χ1v) is 24.0. The Bertz CT molecular complexity index is 2040. The third kappa shape index (κ3) is 10.6. The zero-order chi connectivity index (χ0) is 35.3. The summed E-state index contributed by atoms with van der Waals surface area (Å²) in [5.74, 6) is 0. The summed E-state index contributed by atoms with van der Waals surface area (Å²) in [5.41, 5.74) is 10.5. The van der Waals surface area contributed by atoms with Gasteiger partial charge in [0.25, 0.3) is 0 Å². The Hall–Kier alpha value is -3.78. The Balaban J connectivity index is 0.000000140. The SMILES string of the molecule is Cc1cc2c(-c3ccccc3)cccc2[cH-]1.Cc1cc2c(-c3ccccc3)cccc2[cH-]1.Cc1ccc([Si]c2ccc(C)cc2)cc1.[Cl][Zr+2][Cl]. The molecule has 0 fully saturated rings. The number of fused-ring (bicyclic) bond motifs is 2. The minimum absolute atomic E-state index is 0.769. The van der Waals surface area contributed by atoms with E-state index in [0.717, 1.165) is 9.52 Å². The van der Waals surface area contributed by atoms with Crippen molar-refractivity contribution in [3.05, 3.63) is 192 Å². The Morgan fingerprint density at radius 2 is 0.800 bits per heavy atom. The fourth-order valence-corrected chi connectivity index (χ4v) is 6.95. The van der Waals surface area contributed by atoms with E-state index in [4.69, 9.17) is 17.0 Å². The van der Waals surface area contributed by atoms with Gasteiger partial charge in [-0.2, -0.15) is 12.1 Å². The molecule has 50 heavy (non-hydrogen) atoms. The molecule has 4 heteroatoms. The molecule has 8 aromatic carbocycles. The zero-order valence-electron chi connectivity index (χ0n) is 28.9. The van der Waals surface area contributed by atoms with Crippen LogP contribution in [0.4, 0.5) is 0 Å². The summed E-state index contributed by atoms with van der Waals surface area (Å²) in [6.07, 6.45) is 0. The Morgan fingerprint density at radius 1 is 0.440 bits per heavy atom. The van der Waals surface area contributed by atoms with Gasteiger partial charge in [0.05, 0.1) is 0 Å². The maximum absolute atomic E-state index is 4.93. The van der Waals surface area contributed by atoms with E-state index in [1.807, 2.05) is 0 Å². The fourth-order valence-electron chi connectivity index (χ4n) is 5.95. The quantitative estimate of drug-likeness (QED) is 0.123. The van der Waals surface area contributed by atoms with Crippen molar-refractivity contribution in [2.24, 2.45) is 0 Å². The van der Waals surface area contributed by atoms with Crippen LogP contribution in [-0.4, -0.2) is 9.52 Å². The Kier molecular flexibility index (Phi) is 14.2. The van der Waals surface area contributed by atoms with Gasteiger partial charge in [0.1, 0.15) is 9.52 Å².